The fraction of sp³-hybridized carbons (Fsp3) is 0.259. The maximum atomic E-state index is 14.1. The van der Waals surface area contributed by atoms with Crippen LogP contribution in [0.15, 0.2) is 59.5 Å². The molecule has 1 unspecified atom stereocenters. The van der Waals surface area contributed by atoms with Gasteiger partial charge in [-0.15, -0.1) is 0 Å². The molecule has 2 bridgehead atoms. The third kappa shape index (κ3) is 4.74. The number of benzene rings is 2. The molecule has 0 radical (unpaired) electrons. The van der Waals surface area contributed by atoms with Crippen LogP contribution in [-0.4, -0.2) is 51.8 Å². The van der Waals surface area contributed by atoms with E-state index in [-0.39, 0.29) is 54.8 Å². The quantitative estimate of drug-likeness (QED) is 0.536. The van der Waals surface area contributed by atoms with E-state index < -0.39 is 34.9 Å². The molecule has 1 saturated heterocycles. The molecule has 5 rings (SSSR count). The van der Waals surface area contributed by atoms with Gasteiger partial charge in [-0.25, -0.2) is 8.78 Å². The van der Waals surface area contributed by atoms with Gasteiger partial charge in [0.1, 0.15) is 23.8 Å². The summed E-state index contributed by atoms with van der Waals surface area (Å²) in [6.45, 7) is 1.74. The second-order valence-electron chi connectivity index (χ2n) is 9.21. The normalized spacial score (nSPS) is 16.2. The number of halogens is 2. The number of carbonyl (C=O) groups excluding carboxylic acids is 3. The third-order valence-corrected chi connectivity index (χ3v) is 6.65. The van der Waals surface area contributed by atoms with E-state index in [9.17, 15) is 28.0 Å². The average Bonchev–Trinajstić information content (AvgIpc) is 2.90. The highest BCUT2D eigenvalue weighted by Crippen LogP contribution is 2.31. The van der Waals surface area contributed by atoms with Gasteiger partial charge in [0.2, 0.25) is 11.3 Å². The lowest BCUT2D eigenvalue weighted by Gasteiger charge is -2.45. The summed E-state index contributed by atoms with van der Waals surface area (Å²) in [6, 6.07) is 11.6. The van der Waals surface area contributed by atoms with Crippen molar-refractivity contribution >= 4 is 17.7 Å². The van der Waals surface area contributed by atoms with Crippen molar-refractivity contribution < 1.29 is 27.9 Å². The molecular formula is C27H24F2N4O5. The molecule has 0 spiro atoms. The van der Waals surface area contributed by atoms with E-state index in [0.717, 1.165) is 11.6 Å². The summed E-state index contributed by atoms with van der Waals surface area (Å²) < 4.78 is 34.7. The van der Waals surface area contributed by atoms with Gasteiger partial charge >= 0.3 is 0 Å². The van der Waals surface area contributed by atoms with Crippen LogP contribution in [-0.2, 0) is 17.9 Å². The predicted octanol–water partition coefficient (Wildman–Crippen LogP) is 2.45. The van der Waals surface area contributed by atoms with Crippen LogP contribution in [0.4, 0.5) is 8.78 Å². The topological polar surface area (TPSA) is 101 Å². The summed E-state index contributed by atoms with van der Waals surface area (Å²) in [5.74, 6) is -3.38. The molecule has 38 heavy (non-hydrogen) atoms. The van der Waals surface area contributed by atoms with Crippen molar-refractivity contribution in [3.63, 3.8) is 0 Å². The Bertz CT molecular complexity index is 1490. The first-order valence-electron chi connectivity index (χ1n) is 12.0. The number of fused-ring (bicyclic) bond motifs is 4. The largest absolute Gasteiger partial charge is 0.483 e. The van der Waals surface area contributed by atoms with Gasteiger partial charge in [-0.2, -0.15) is 0 Å². The molecule has 1 N–H and O–H groups in total. The molecule has 2 aliphatic rings. The first-order valence-corrected chi connectivity index (χ1v) is 12.0. The van der Waals surface area contributed by atoms with E-state index in [0.29, 0.717) is 12.6 Å². The number of hydrogen-bond donors (Lipinski definition) is 1. The number of rotatable bonds is 6. The number of carbonyl (C=O) groups is 3. The minimum atomic E-state index is -0.837. The number of aromatic nitrogens is 1. The van der Waals surface area contributed by atoms with Gasteiger partial charge in [0.25, 0.3) is 11.8 Å². The number of nitrogens with one attached hydrogen (secondary N) is 1. The smallest absolute Gasteiger partial charge is 0.276 e. The molecule has 3 heterocycles. The molecule has 11 heteroatoms. The first-order chi connectivity index (χ1) is 18.2. The summed E-state index contributed by atoms with van der Waals surface area (Å²) in [4.78, 5) is 55.1. The Morgan fingerprint density at radius 3 is 2.55 bits per heavy atom. The van der Waals surface area contributed by atoms with Gasteiger partial charge in [-0.1, -0.05) is 36.4 Å². The number of pyridine rings is 1. The van der Waals surface area contributed by atoms with E-state index in [1.807, 2.05) is 6.07 Å². The zero-order chi connectivity index (χ0) is 27.0. The van der Waals surface area contributed by atoms with Gasteiger partial charge in [0.15, 0.2) is 11.4 Å². The molecule has 3 aromatic rings. The Morgan fingerprint density at radius 1 is 1.08 bits per heavy atom. The molecule has 0 saturated carbocycles. The molecule has 2 aliphatic heterocycles. The van der Waals surface area contributed by atoms with E-state index in [1.165, 1.54) is 33.6 Å². The fourth-order valence-electron chi connectivity index (χ4n) is 4.66. The SMILES string of the molecule is CC(=O)N1CC2CN(C1)C(=O)c1c(OCc3ccccc3)c(=O)c(C(=O)NCc3ccc(F)cc3F)cn12. The van der Waals surface area contributed by atoms with Crippen molar-refractivity contribution in [2.45, 2.75) is 26.1 Å². The molecular weight excluding hydrogens is 498 g/mol. The Morgan fingerprint density at radius 2 is 1.84 bits per heavy atom. The van der Waals surface area contributed by atoms with Crippen LogP contribution >= 0.6 is 0 Å². The number of amides is 3. The van der Waals surface area contributed by atoms with Crippen molar-refractivity contribution in [3.05, 3.63) is 99.0 Å². The lowest BCUT2D eigenvalue weighted by Crippen LogP contribution is -2.58. The van der Waals surface area contributed by atoms with Gasteiger partial charge in [0.05, 0.1) is 12.7 Å². The summed E-state index contributed by atoms with van der Waals surface area (Å²) in [5, 5.41) is 2.49. The van der Waals surface area contributed by atoms with E-state index in [4.69, 9.17) is 4.74 Å². The van der Waals surface area contributed by atoms with Crippen LogP contribution < -0.4 is 15.5 Å². The van der Waals surface area contributed by atoms with Gasteiger partial charge in [0, 0.05) is 44.4 Å². The van der Waals surface area contributed by atoms with Crippen molar-refractivity contribution in [2.24, 2.45) is 0 Å². The van der Waals surface area contributed by atoms with Crippen LogP contribution in [0.1, 0.15) is 44.9 Å². The Hall–Kier alpha value is -4.54. The zero-order valence-corrected chi connectivity index (χ0v) is 20.4. The van der Waals surface area contributed by atoms with Crippen LogP contribution in [0.3, 0.4) is 0 Å². The Labute approximate surface area is 216 Å². The molecule has 1 fully saturated rings. The highest BCUT2D eigenvalue weighted by molar-refractivity contribution is 5.99. The van der Waals surface area contributed by atoms with Crippen molar-refractivity contribution in [1.29, 1.82) is 0 Å². The van der Waals surface area contributed by atoms with Crippen LogP contribution in [0.2, 0.25) is 0 Å². The summed E-state index contributed by atoms with van der Waals surface area (Å²) in [7, 11) is 0. The second-order valence-corrected chi connectivity index (χ2v) is 9.21. The van der Waals surface area contributed by atoms with E-state index >= 15 is 0 Å². The third-order valence-electron chi connectivity index (χ3n) is 6.65. The number of nitrogens with zero attached hydrogens (tertiary/aromatic N) is 3. The fourth-order valence-corrected chi connectivity index (χ4v) is 4.66. The monoisotopic (exact) mass is 522 g/mol. The Balaban J connectivity index is 1.53. The molecule has 1 atom stereocenters. The zero-order valence-electron chi connectivity index (χ0n) is 20.4. The number of ether oxygens (including phenoxy) is 1. The van der Waals surface area contributed by atoms with Gasteiger partial charge in [-0.05, 0) is 11.6 Å². The number of hydrogen-bond acceptors (Lipinski definition) is 5. The predicted molar refractivity (Wildman–Crippen MR) is 131 cm³/mol. The molecule has 2 aromatic carbocycles. The molecule has 3 amide bonds. The van der Waals surface area contributed by atoms with Gasteiger partial charge < -0.3 is 24.4 Å². The highest BCUT2D eigenvalue weighted by Gasteiger charge is 2.41. The average molecular weight is 523 g/mol. The van der Waals surface area contributed by atoms with Crippen LogP contribution in [0.5, 0.6) is 5.75 Å². The highest BCUT2D eigenvalue weighted by atomic mass is 19.1. The molecule has 9 nitrogen and oxygen atoms in total. The van der Waals surface area contributed by atoms with E-state index in [1.54, 1.807) is 24.3 Å². The summed E-state index contributed by atoms with van der Waals surface area (Å²) in [6.07, 6.45) is 1.28. The lowest BCUT2D eigenvalue weighted by atomic mass is 10.0. The second kappa shape index (κ2) is 10.1. The standard InChI is InChI=1S/C27H24F2N4O5/c1-16(34)31-11-20-12-32(15-31)27(37)23-25(38-14-17-5-3-2-4-6-17)24(35)21(13-33(20)23)26(36)30-10-18-7-8-19(28)9-22(18)29/h2-9,13,20H,10-12,14-15H2,1H3,(H,30,36). The minimum Gasteiger partial charge on any atom is -0.483 e. The maximum Gasteiger partial charge on any atom is 0.276 e. The Kier molecular flexibility index (Phi) is 6.66. The molecule has 1 aromatic heterocycles. The van der Waals surface area contributed by atoms with Crippen LogP contribution in [0.25, 0.3) is 0 Å². The summed E-state index contributed by atoms with van der Waals surface area (Å²) >= 11 is 0. The van der Waals surface area contributed by atoms with Crippen LogP contribution in [0, 0.1) is 11.6 Å². The minimum absolute atomic E-state index is 0.00603. The maximum absolute atomic E-state index is 14.1. The lowest BCUT2D eigenvalue weighted by molar-refractivity contribution is -0.133. The van der Waals surface area contributed by atoms with Gasteiger partial charge in [-0.3, -0.25) is 19.2 Å². The molecule has 196 valence electrons. The summed E-state index contributed by atoms with van der Waals surface area (Å²) in [5.41, 5.74) is -0.304. The first kappa shape index (κ1) is 25.1. The van der Waals surface area contributed by atoms with Crippen molar-refractivity contribution in [2.75, 3.05) is 19.8 Å². The van der Waals surface area contributed by atoms with Crippen molar-refractivity contribution in [1.82, 2.24) is 19.7 Å². The molecule has 0 aliphatic carbocycles. The van der Waals surface area contributed by atoms with Crippen molar-refractivity contribution in [3.8, 4) is 5.75 Å². The van der Waals surface area contributed by atoms with E-state index in [2.05, 4.69) is 5.32 Å².